The number of para-hydroxylation sites is 1. The summed E-state index contributed by atoms with van der Waals surface area (Å²) in [6, 6.07) is 11.4. The Labute approximate surface area is 192 Å². The second kappa shape index (κ2) is 8.60. The number of ketones is 1. The van der Waals surface area contributed by atoms with E-state index in [2.05, 4.69) is 9.88 Å². The van der Waals surface area contributed by atoms with Crippen LogP contribution in [0.1, 0.15) is 32.6 Å². The van der Waals surface area contributed by atoms with E-state index in [4.69, 9.17) is 18.9 Å². The van der Waals surface area contributed by atoms with E-state index >= 15 is 0 Å². The highest BCUT2D eigenvalue weighted by atomic mass is 16.5. The molecule has 0 atom stereocenters. The number of hydrogen-bond donors (Lipinski definition) is 0. The van der Waals surface area contributed by atoms with E-state index in [1.54, 1.807) is 32.6 Å². The molecule has 0 N–H and O–H groups in total. The molecule has 0 saturated heterocycles. The third kappa shape index (κ3) is 3.81. The number of methoxy groups -OCH3 is 2. The average Bonchev–Trinajstić information content (AvgIpc) is 3.15. The van der Waals surface area contributed by atoms with E-state index in [1.165, 1.54) is 0 Å². The van der Waals surface area contributed by atoms with Crippen LogP contribution in [0, 0.1) is 6.92 Å². The number of allylic oxidation sites excluding steroid dienone is 1. The number of carbonyl (C=O) groups is 1. The van der Waals surface area contributed by atoms with E-state index in [0.29, 0.717) is 48.2 Å². The SMILES string of the molecule is COc1cccc(/C=C2\Oc3c(cc4c(c3C)OCN(Cc3cccnc3)C4)C2=O)c1OC. The molecule has 2 aliphatic rings. The Balaban J connectivity index is 1.45. The highest BCUT2D eigenvalue weighted by molar-refractivity contribution is 6.15. The number of Topliss-reactive ketones (excluding diaryl/α,β-unsaturated/α-hetero) is 1. The van der Waals surface area contributed by atoms with E-state index in [9.17, 15) is 4.79 Å². The first-order valence-corrected chi connectivity index (χ1v) is 10.6. The van der Waals surface area contributed by atoms with Crippen LogP contribution in [0.15, 0.2) is 54.6 Å². The zero-order valence-corrected chi connectivity index (χ0v) is 18.8. The predicted octanol–water partition coefficient (Wildman–Crippen LogP) is 4.38. The summed E-state index contributed by atoms with van der Waals surface area (Å²) in [5.41, 5.74) is 4.16. The van der Waals surface area contributed by atoms with Crippen LogP contribution in [-0.4, -0.2) is 36.6 Å². The smallest absolute Gasteiger partial charge is 0.231 e. The second-order valence-corrected chi connectivity index (χ2v) is 8.01. The van der Waals surface area contributed by atoms with Crippen molar-refractivity contribution in [1.29, 1.82) is 0 Å². The van der Waals surface area contributed by atoms with Crippen LogP contribution in [0.5, 0.6) is 23.0 Å². The summed E-state index contributed by atoms with van der Waals surface area (Å²) in [6.45, 7) is 3.78. The van der Waals surface area contributed by atoms with Crippen LogP contribution in [-0.2, 0) is 13.1 Å². The minimum atomic E-state index is -0.162. The van der Waals surface area contributed by atoms with Crippen molar-refractivity contribution in [3.63, 3.8) is 0 Å². The Morgan fingerprint density at radius 1 is 1.15 bits per heavy atom. The van der Waals surface area contributed by atoms with Crippen LogP contribution < -0.4 is 18.9 Å². The van der Waals surface area contributed by atoms with Gasteiger partial charge in [0.05, 0.1) is 19.8 Å². The fraction of sp³-hybridized carbons (Fsp3) is 0.231. The summed E-state index contributed by atoms with van der Waals surface area (Å²) in [5.74, 6) is 2.55. The number of pyridine rings is 1. The maximum atomic E-state index is 13.2. The maximum absolute atomic E-state index is 13.2. The van der Waals surface area contributed by atoms with Gasteiger partial charge in [0.15, 0.2) is 17.3 Å². The van der Waals surface area contributed by atoms with Gasteiger partial charge in [-0.15, -0.1) is 0 Å². The number of nitrogens with zero attached hydrogens (tertiary/aromatic N) is 2. The van der Waals surface area contributed by atoms with Crippen molar-refractivity contribution in [3.8, 4) is 23.0 Å². The fourth-order valence-corrected chi connectivity index (χ4v) is 4.31. The largest absolute Gasteiger partial charge is 0.493 e. The van der Waals surface area contributed by atoms with Crippen LogP contribution in [0.3, 0.4) is 0 Å². The molecule has 33 heavy (non-hydrogen) atoms. The molecule has 0 amide bonds. The van der Waals surface area contributed by atoms with E-state index in [1.807, 2.05) is 43.5 Å². The summed E-state index contributed by atoms with van der Waals surface area (Å²) in [5, 5.41) is 0. The summed E-state index contributed by atoms with van der Waals surface area (Å²) in [4.78, 5) is 19.6. The normalized spacial score (nSPS) is 16.1. The van der Waals surface area contributed by atoms with Gasteiger partial charge in [-0.05, 0) is 36.8 Å². The van der Waals surface area contributed by atoms with Crippen molar-refractivity contribution in [2.24, 2.45) is 0 Å². The first-order valence-electron chi connectivity index (χ1n) is 10.6. The summed E-state index contributed by atoms with van der Waals surface area (Å²) < 4.78 is 23.0. The van der Waals surface area contributed by atoms with Crippen molar-refractivity contribution < 1.29 is 23.7 Å². The minimum absolute atomic E-state index is 0.162. The molecular formula is C26H24N2O5. The zero-order chi connectivity index (χ0) is 22.9. The first-order chi connectivity index (χ1) is 16.1. The van der Waals surface area contributed by atoms with Gasteiger partial charge in [0.2, 0.25) is 5.78 Å². The molecule has 2 aromatic carbocycles. The lowest BCUT2D eigenvalue weighted by atomic mass is 9.99. The molecule has 7 heteroatoms. The van der Waals surface area contributed by atoms with Crippen molar-refractivity contribution in [2.45, 2.75) is 20.0 Å². The van der Waals surface area contributed by atoms with E-state index in [-0.39, 0.29) is 11.5 Å². The van der Waals surface area contributed by atoms with Gasteiger partial charge < -0.3 is 18.9 Å². The molecule has 0 spiro atoms. The number of aromatic nitrogens is 1. The molecule has 168 valence electrons. The lowest BCUT2D eigenvalue weighted by Crippen LogP contribution is -2.32. The van der Waals surface area contributed by atoms with E-state index < -0.39 is 0 Å². The Kier molecular flexibility index (Phi) is 5.48. The van der Waals surface area contributed by atoms with Gasteiger partial charge in [0, 0.05) is 42.2 Å². The molecule has 0 saturated carbocycles. The molecular weight excluding hydrogens is 420 g/mol. The quantitative estimate of drug-likeness (QED) is 0.541. The van der Waals surface area contributed by atoms with Crippen molar-refractivity contribution in [3.05, 3.63) is 82.4 Å². The molecule has 2 aliphatic heterocycles. The summed E-state index contributed by atoms with van der Waals surface area (Å²) in [6.07, 6.45) is 5.30. The van der Waals surface area contributed by atoms with Gasteiger partial charge in [-0.1, -0.05) is 18.2 Å². The minimum Gasteiger partial charge on any atom is -0.493 e. The molecule has 0 fully saturated rings. The monoisotopic (exact) mass is 444 g/mol. The predicted molar refractivity (Wildman–Crippen MR) is 123 cm³/mol. The molecule has 3 aromatic rings. The van der Waals surface area contributed by atoms with Crippen molar-refractivity contribution in [1.82, 2.24) is 9.88 Å². The number of fused-ring (bicyclic) bond motifs is 2. The standard InChI is InChI=1S/C26H24N2O5/c1-16-24-19(14-28(15-32-24)13-17-6-5-9-27-12-17)10-20-23(29)22(33-25(16)20)11-18-7-4-8-21(30-2)26(18)31-3/h4-12H,13-15H2,1-3H3/b22-11-. The Bertz CT molecular complexity index is 1250. The highest BCUT2D eigenvalue weighted by Gasteiger charge is 2.34. The molecule has 0 bridgehead atoms. The van der Waals surface area contributed by atoms with Gasteiger partial charge >= 0.3 is 0 Å². The molecule has 0 aliphatic carbocycles. The fourth-order valence-electron chi connectivity index (χ4n) is 4.31. The Hall–Kier alpha value is -3.84. The lowest BCUT2D eigenvalue weighted by molar-refractivity contribution is 0.0876. The summed E-state index contributed by atoms with van der Waals surface area (Å²) >= 11 is 0. The second-order valence-electron chi connectivity index (χ2n) is 8.01. The Morgan fingerprint density at radius 2 is 2.03 bits per heavy atom. The van der Waals surface area contributed by atoms with Crippen LogP contribution >= 0.6 is 0 Å². The van der Waals surface area contributed by atoms with Crippen molar-refractivity contribution >= 4 is 11.9 Å². The van der Waals surface area contributed by atoms with Gasteiger partial charge in [-0.3, -0.25) is 14.7 Å². The zero-order valence-electron chi connectivity index (χ0n) is 18.8. The number of hydrogen-bond acceptors (Lipinski definition) is 7. The van der Waals surface area contributed by atoms with Crippen molar-refractivity contribution in [2.75, 3.05) is 21.0 Å². The molecule has 3 heterocycles. The van der Waals surface area contributed by atoms with Gasteiger partial charge in [0.1, 0.15) is 18.2 Å². The number of carbonyl (C=O) groups excluding carboxylic acids is 1. The van der Waals surface area contributed by atoms with Crippen LogP contribution in [0.25, 0.3) is 6.08 Å². The van der Waals surface area contributed by atoms with Gasteiger partial charge in [0.25, 0.3) is 0 Å². The lowest BCUT2D eigenvalue weighted by Gasteiger charge is -2.30. The average molecular weight is 444 g/mol. The van der Waals surface area contributed by atoms with Gasteiger partial charge in [-0.2, -0.15) is 0 Å². The van der Waals surface area contributed by atoms with Gasteiger partial charge in [-0.25, -0.2) is 0 Å². The van der Waals surface area contributed by atoms with Crippen LogP contribution in [0.2, 0.25) is 0 Å². The Morgan fingerprint density at radius 3 is 2.79 bits per heavy atom. The molecule has 7 nitrogen and oxygen atoms in total. The third-order valence-electron chi connectivity index (χ3n) is 5.85. The molecule has 0 radical (unpaired) electrons. The number of benzene rings is 2. The molecule has 5 rings (SSSR count). The maximum Gasteiger partial charge on any atom is 0.231 e. The first kappa shape index (κ1) is 21.0. The summed E-state index contributed by atoms with van der Waals surface area (Å²) in [7, 11) is 3.14. The number of rotatable bonds is 5. The topological polar surface area (TPSA) is 70.1 Å². The number of ether oxygens (including phenoxy) is 4. The third-order valence-corrected chi connectivity index (χ3v) is 5.85. The highest BCUT2D eigenvalue weighted by Crippen LogP contribution is 2.44. The molecule has 1 aromatic heterocycles. The van der Waals surface area contributed by atoms with E-state index in [0.717, 1.165) is 22.4 Å². The molecule has 0 unspecified atom stereocenters. The van der Waals surface area contributed by atoms with Crippen LogP contribution in [0.4, 0.5) is 0 Å².